The highest BCUT2D eigenvalue weighted by Crippen LogP contribution is 2.15. The Labute approximate surface area is 96.7 Å². The first-order chi connectivity index (χ1) is 7.65. The number of carbonyl (C=O) groups excluding carboxylic acids is 1. The van der Waals surface area contributed by atoms with Gasteiger partial charge in [-0.1, -0.05) is 31.9 Å². The van der Waals surface area contributed by atoms with Gasteiger partial charge in [-0.3, -0.25) is 10.0 Å². The third kappa shape index (κ3) is 3.66. The number of anilines is 1. The lowest BCUT2D eigenvalue weighted by molar-refractivity contribution is -0.121. The molecule has 0 aliphatic heterocycles. The fraction of sp³-hybridized carbons (Fsp3) is 0.462. The van der Waals surface area contributed by atoms with Crippen LogP contribution < -0.4 is 5.06 Å². The zero-order valence-electron chi connectivity index (χ0n) is 9.94. The molecule has 3 heteroatoms. The minimum atomic E-state index is -0.376. The summed E-state index contributed by atoms with van der Waals surface area (Å²) < 4.78 is 0. The minimum Gasteiger partial charge on any atom is -0.281 e. The van der Waals surface area contributed by atoms with Crippen LogP contribution in [0.3, 0.4) is 0 Å². The zero-order valence-corrected chi connectivity index (χ0v) is 9.94. The molecule has 0 aromatic heterocycles. The maximum Gasteiger partial charge on any atom is 0.247 e. The molecule has 0 aliphatic carbocycles. The van der Waals surface area contributed by atoms with E-state index in [-0.39, 0.29) is 5.91 Å². The molecule has 1 aromatic rings. The normalized spacial score (nSPS) is 10.2. The highest BCUT2D eigenvalue weighted by atomic mass is 16.5. The molecule has 1 aromatic carbocycles. The Hall–Kier alpha value is -1.35. The van der Waals surface area contributed by atoms with Gasteiger partial charge < -0.3 is 0 Å². The van der Waals surface area contributed by atoms with Crippen molar-refractivity contribution in [2.24, 2.45) is 0 Å². The molecule has 88 valence electrons. The summed E-state index contributed by atoms with van der Waals surface area (Å²) in [4.78, 5) is 10.9. The van der Waals surface area contributed by atoms with E-state index in [1.54, 1.807) is 12.1 Å². The van der Waals surface area contributed by atoms with Crippen LogP contribution in [0.5, 0.6) is 0 Å². The molecule has 0 unspecified atom stereocenters. The SMILES string of the molecule is CCCCCc1ccc(N(O)C(C)=O)cc1. The van der Waals surface area contributed by atoms with Gasteiger partial charge in [-0.15, -0.1) is 0 Å². The van der Waals surface area contributed by atoms with Gasteiger partial charge in [0, 0.05) is 6.92 Å². The Morgan fingerprint density at radius 2 is 1.88 bits per heavy atom. The summed E-state index contributed by atoms with van der Waals surface area (Å²) in [5, 5.41) is 10.0. The van der Waals surface area contributed by atoms with E-state index in [2.05, 4.69) is 6.92 Å². The molecule has 0 heterocycles. The number of benzene rings is 1. The molecule has 16 heavy (non-hydrogen) atoms. The van der Waals surface area contributed by atoms with Crippen molar-refractivity contribution in [3.63, 3.8) is 0 Å². The first-order valence-corrected chi connectivity index (χ1v) is 5.73. The molecule has 0 bridgehead atoms. The molecule has 1 rings (SSSR count). The van der Waals surface area contributed by atoms with E-state index in [9.17, 15) is 10.0 Å². The van der Waals surface area contributed by atoms with Crippen LogP contribution in [0, 0.1) is 0 Å². The molecule has 0 aliphatic rings. The number of aryl methyl sites for hydroxylation is 1. The molecule has 0 spiro atoms. The summed E-state index contributed by atoms with van der Waals surface area (Å²) in [6, 6.07) is 7.44. The van der Waals surface area contributed by atoms with Gasteiger partial charge in [0.25, 0.3) is 0 Å². The molecule has 1 N–H and O–H groups in total. The number of hydroxylamine groups is 1. The van der Waals surface area contributed by atoms with Crippen molar-refractivity contribution in [2.45, 2.75) is 39.5 Å². The Morgan fingerprint density at radius 1 is 1.25 bits per heavy atom. The predicted molar refractivity (Wildman–Crippen MR) is 64.6 cm³/mol. The summed E-state index contributed by atoms with van der Waals surface area (Å²) >= 11 is 0. The smallest absolute Gasteiger partial charge is 0.247 e. The Bertz CT molecular complexity index is 332. The van der Waals surface area contributed by atoms with Crippen molar-refractivity contribution in [3.05, 3.63) is 29.8 Å². The lowest BCUT2D eigenvalue weighted by Crippen LogP contribution is -2.23. The molecule has 0 fully saturated rings. The van der Waals surface area contributed by atoms with Crippen LogP contribution in [0.1, 0.15) is 38.7 Å². The average Bonchev–Trinajstić information content (AvgIpc) is 2.29. The largest absolute Gasteiger partial charge is 0.281 e. The molecule has 0 saturated carbocycles. The maximum absolute atomic E-state index is 10.9. The van der Waals surface area contributed by atoms with Gasteiger partial charge in [-0.2, -0.15) is 5.06 Å². The predicted octanol–water partition coefficient (Wildman–Crippen LogP) is 3.16. The standard InChI is InChI=1S/C13H19NO2/c1-3-4-5-6-12-7-9-13(10-8-12)14(16)11(2)15/h7-10,16H,3-6H2,1-2H3. The number of amides is 1. The molecule has 1 amide bonds. The number of hydrogen-bond acceptors (Lipinski definition) is 2. The minimum absolute atomic E-state index is 0.376. The fourth-order valence-electron chi connectivity index (χ4n) is 1.56. The van der Waals surface area contributed by atoms with Crippen molar-refractivity contribution in [1.82, 2.24) is 0 Å². The second-order valence-corrected chi connectivity index (χ2v) is 3.95. The lowest BCUT2D eigenvalue weighted by atomic mass is 10.1. The monoisotopic (exact) mass is 221 g/mol. The van der Waals surface area contributed by atoms with Gasteiger partial charge in [0.05, 0.1) is 5.69 Å². The van der Waals surface area contributed by atoms with E-state index in [0.29, 0.717) is 10.8 Å². The van der Waals surface area contributed by atoms with Crippen LogP contribution in [0.25, 0.3) is 0 Å². The van der Waals surface area contributed by atoms with Crippen molar-refractivity contribution in [2.75, 3.05) is 5.06 Å². The third-order valence-electron chi connectivity index (χ3n) is 2.55. The number of unbranched alkanes of at least 4 members (excludes halogenated alkanes) is 2. The van der Waals surface area contributed by atoms with Crippen LogP contribution in [0.4, 0.5) is 5.69 Å². The van der Waals surface area contributed by atoms with Crippen LogP contribution in [0.15, 0.2) is 24.3 Å². The third-order valence-corrected chi connectivity index (χ3v) is 2.55. The number of rotatable bonds is 5. The van der Waals surface area contributed by atoms with Gasteiger partial charge in [0.1, 0.15) is 0 Å². The Morgan fingerprint density at radius 3 is 2.38 bits per heavy atom. The van der Waals surface area contributed by atoms with Gasteiger partial charge in [0.15, 0.2) is 0 Å². The quantitative estimate of drug-likeness (QED) is 0.471. The van der Waals surface area contributed by atoms with Crippen molar-refractivity contribution < 1.29 is 10.0 Å². The van der Waals surface area contributed by atoms with Crippen LogP contribution >= 0.6 is 0 Å². The topological polar surface area (TPSA) is 40.5 Å². The average molecular weight is 221 g/mol. The lowest BCUT2D eigenvalue weighted by Gasteiger charge is -2.12. The van der Waals surface area contributed by atoms with Gasteiger partial charge in [-0.25, -0.2) is 0 Å². The van der Waals surface area contributed by atoms with Crippen molar-refractivity contribution in [3.8, 4) is 0 Å². The van der Waals surface area contributed by atoms with Crippen LogP contribution in [0.2, 0.25) is 0 Å². The van der Waals surface area contributed by atoms with Gasteiger partial charge in [0.2, 0.25) is 5.91 Å². The molecule has 0 atom stereocenters. The molecule has 3 nitrogen and oxygen atoms in total. The summed E-state index contributed by atoms with van der Waals surface area (Å²) in [6.07, 6.45) is 4.69. The Kier molecular flexibility index (Phi) is 4.99. The summed E-state index contributed by atoms with van der Waals surface area (Å²) in [7, 11) is 0. The molecular formula is C13H19NO2. The van der Waals surface area contributed by atoms with Crippen LogP contribution in [-0.2, 0) is 11.2 Å². The summed E-state index contributed by atoms with van der Waals surface area (Å²) in [5.41, 5.74) is 1.76. The summed E-state index contributed by atoms with van der Waals surface area (Å²) in [6.45, 7) is 3.51. The molecule has 0 saturated heterocycles. The van der Waals surface area contributed by atoms with E-state index in [0.717, 1.165) is 6.42 Å². The highest BCUT2D eigenvalue weighted by Gasteiger charge is 2.06. The van der Waals surface area contributed by atoms with E-state index in [1.807, 2.05) is 12.1 Å². The second-order valence-electron chi connectivity index (χ2n) is 3.95. The summed E-state index contributed by atoms with van der Waals surface area (Å²) in [5.74, 6) is -0.376. The van der Waals surface area contributed by atoms with E-state index in [4.69, 9.17) is 0 Å². The van der Waals surface area contributed by atoms with Crippen molar-refractivity contribution >= 4 is 11.6 Å². The zero-order chi connectivity index (χ0) is 12.0. The van der Waals surface area contributed by atoms with Gasteiger partial charge in [-0.05, 0) is 30.5 Å². The number of carbonyl (C=O) groups is 1. The van der Waals surface area contributed by atoms with Crippen LogP contribution in [-0.4, -0.2) is 11.1 Å². The highest BCUT2D eigenvalue weighted by molar-refractivity contribution is 5.88. The fourth-order valence-corrected chi connectivity index (χ4v) is 1.56. The second kappa shape index (κ2) is 6.28. The molecule has 0 radical (unpaired) electrons. The van der Waals surface area contributed by atoms with E-state index in [1.165, 1.54) is 31.7 Å². The molecular weight excluding hydrogens is 202 g/mol. The number of hydrogen-bond donors (Lipinski definition) is 1. The van der Waals surface area contributed by atoms with Gasteiger partial charge >= 0.3 is 0 Å². The maximum atomic E-state index is 10.9. The van der Waals surface area contributed by atoms with Crippen molar-refractivity contribution in [1.29, 1.82) is 0 Å². The van der Waals surface area contributed by atoms with E-state index >= 15 is 0 Å². The van der Waals surface area contributed by atoms with E-state index < -0.39 is 0 Å². The first-order valence-electron chi connectivity index (χ1n) is 5.73. The number of nitrogens with zero attached hydrogens (tertiary/aromatic N) is 1. The first kappa shape index (κ1) is 12.7. The Balaban J connectivity index is 2.57.